The Morgan fingerprint density at radius 1 is 1.29 bits per heavy atom. The second kappa shape index (κ2) is 7.19. The van der Waals surface area contributed by atoms with Crippen LogP contribution < -0.4 is 0 Å². The molecule has 4 nitrogen and oxygen atoms in total. The Hall–Kier alpha value is -1.46. The molecule has 0 saturated carbocycles. The lowest BCUT2D eigenvalue weighted by Crippen LogP contribution is -2.59. The van der Waals surface area contributed by atoms with E-state index in [1.807, 2.05) is 11.9 Å². The van der Waals surface area contributed by atoms with Crippen LogP contribution in [0, 0.1) is 11.2 Å². The van der Waals surface area contributed by atoms with E-state index in [0.29, 0.717) is 26.1 Å². The van der Waals surface area contributed by atoms with Crippen molar-refractivity contribution in [2.45, 2.75) is 45.8 Å². The van der Waals surface area contributed by atoms with Crippen molar-refractivity contribution >= 4 is 5.91 Å². The average molecular weight is 336 g/mol. The molecule has 2 rings (SSSR count). The maximum atomic E-state index is 13.0. The van der Waals surface area contributed by atoms with Gasteiger partial charge in [-0.2, -0.15) is 0 Å². The van der Waals surface area contributed by atoms with E-state index in [1.165, 1.54) is 12.1 Å². The quantitative estimate of drug-likeness (QED) is 0.899. The molecule has 1 aliphatic heterocycles. The molecule has 134 valence electrons. The van der Waals surface area contributed by atoms with Gasteiger partial charge in [-0.3, -0.25) is 9.69 Å². The van der Waals surface area contributed by atoms with Crippen molar-refractivity contribution in [1.29, 1.82) is 0 Å². The predicted molar refractivity (Wildman–Crippen MR) is 93.0 cm³/mol. The highest BCUT2D eigenvalue weighted by Crippen LogP contribution is 2.27. The summed E-state index contributed by atoms with van der Waals surface area (Å²) < 4.78 is 13.0. The minimum Gasteiger partial charge on any atom is -0.379 e. The van der Waals surface area contributed by atoms with Crippen LogP contribution in [0.1, 0.15) is 39.2 Å². The Balaban J connectivity index is 2.00. The zero-order valence-electron chi connectivity index (χ0n) is 15.2. The number of rotatable bonds is 5. The Bertz CT molecular complexity index is 568. The van der Waals surface area contributed by atoms with Crippen LogP contribution in [0.15, 0.2) is 24.3 Å². The molecule has 1 heterocycles. The number of hydrogen-bond donors (Lipinski definition) is 1. The Morgan fingerprint density at radius 2 is 1.92 bits per heavy atom. The van der Waals surface area contributed by atoms with E-state index >= 15 is 0 Å². The van der Waals surface area contributed by atoms with Crippen molar-refractivity contribution in [2.24, 2.45) is 5.41 Å². The highest BCUT2D eigenvalue weighted by Gasteiger charge is 2.43. The van der Waals surface area contributed by atoms with Gasteiger partial charge in [-0.1, -0.05) is 32.9 Å². The third-order valence-electron chi connectivity index (χ3n) is 4.27. The van der Waals surface area contributed by atoms with Gasteiger partial charge >= 0.3 is 0 Å². The summed E-state index contributed by atoms with van der Waals surface area (Å²) in [4.78, 5) is 16.5. The molecule has 1 saturated heterocycles. The first kappa shape index (κ1) is 18.9. The first-order valence-corrected chi connectivity index (χ1v) is 8.54. The monoisotopic (exact) mass is 336 g/mol. The van der Waals surface area contributed by atoms with Gasteiger partial charge in [0.15, 0.2) is 5.60 Å². The van der Waals surface area contributed by atoms with E-state index < -0.39 is 5.60 Å². The van der Waals surface area contributed by atoms with E-state index in [-0.39, 0.29) is 23.7 Å². The molecule has 24 heavy (non-hydrogen) atoms. The van der Waals surface area contributed by atoms with Crippen LogP contribution in [0.3, 0.4) is 0 Å². The highest BCUT2D eigenvalue weighted by atomic mass is 19.1. The number of likely N-dealkylation sites (N-methyl/N-ethyl adjacent to an activating group) is 1. The number of nitrogens with zero attached hydrogens (tertiary/aromatic N) is 2. The fourth-order valence-corrected chi connectivity index (χ4v) is 3.34. The van der Waals surface area contributed by atoms with Gasteiger partial charge in [0.05, 0.1) is 0 Å². The Kier molecular flexibility index (Phi) is 5.66. The highest BCUT2D eigenvalue weighted by molar-refractivity contribution is 5.86. The Labute approximate surface area is 144 Å². The standard InChI is InChI=1S/C19H29FN2O2/c1-18(2,3)13-22-11-5-10-19(24,17(22)23)14-21(4)12-15-6-8-16(20)9-7-15/h6-9,24H,5,10-14H2,1-4H3. The molecule has 1 amide bonds. The number of benzene rings is 1. The van der Waals surface area contributed by atoms with Crippen LogP contribution in [0.4, 0.5) is 4.39 Å². The van der Waals surface area contributed by atoms with E-state index in [4.69, 9.17) is 0 Å². The van der Waals surface area contributed by atoms with Gasteiger partial charge in [-0.05, 0) is 43.0 Å². The molecular weight excluding hydrogens is 307 g/mol. The number of piperidine rings is 1. The molecule has 1 aromatic rings. The van der Waals surface area contributed by atoms with Crippen molar-refractivity contribution in [1.82, 2.24) is 9.80 Å². The molecule has 0 aromatic heterocycles. The molecule has 1 fully saturated rings. The fraction of sp³-hybridized carbons (Fsp3) is 0.632. The van der Waals surface area contributed by atoms with Crippen molar-refractivity contribution < 1.29 is 14.3 Å². The number of likely N-dealkylation sites (tertiary alicyclic amines) is 1. The van der Waals surface area contributed by atoms with Gasteiger partial charge in [0.2, 0.25) is 0 Å². The number of hydrogen-bond acceptors (Lipinski definition) is 3. The number of aliphatic hydroxyl groups is 1. The SMILES string of the molecule is CN(Cc1ccc(F)cc1)CC1(O)CCCN(CC(C)(C)C)C1=O. The summed E-state index contributed by atoms with van der Waals surface area (Å²) in [6.45, 7) is 8.48. The Morgan fingerprint density at radius 3 is 2.50 bits per heavy atom. The maximum Gasteiger partial charge on any atom is 0.255 e. The topological polar surface area (TPSA) is 43.8 Å². The average Bonchev–Trinajstić information content (AvgIpc) is 2.45. The zero-order valence-corrected chi connectivity index (χ0v) is 15.2. The van der Waals surface area contributed by atoms with Gasteiger partial charge in [-0.15, -0.1) is 0 Å². The van der Waals surface area contributed by atoms with E-state index in [0.717, 1.165) is 12.0 Å². The summed E-state index contributed by atoms with van der Waals surface area (Å²) in [5.74, 6) is -0.435. The van der Waals surface area contributed by atoms with Crippen molar-refractivity contribution in [3.63, 3.8) is 0 Å². The molecule has 1 aromatic carbocycles. The fourth-order valence-electron chi connectivity index (χ4n) is 3.34. The van der Waals surface area contributed by atoms with Crippen LogP contribution in [-0.4, -0.2) is 53.1 Å². The van der Waals surface area contributed by atoms with E-state index in [2.05, 4.69) is 20.8 Å². The molecule has 1 N–H and O–H groups in total. The normalized spacial score (nSPS) is 22.3. The first-order chi connectivity index (χ1) is 11.1. The van der Waals surface area contributed by atoms with Crippen LogP contribution in [0.25, 0.3) is 0 Å². The van der Waals surface area contributed by atoms with Crippen molar-refractivity contribution in [3.05, 3.63) is 35.6 Å². The van der Waals surface area contributed by atoms with Crippen LogP contribution >= 0.6 is 0 Å². The molecule has 0 aliphatic carbocycles. The van der Waals surface area contributed by atoms with Crippen LogP contribution in [-0.2, 0) is 11.3 Å². The molecule has 0 radical (unpaired) electrons. The summed E-state index contributed by atoms with van der Waals surface area (Å²) in [5.41, 5.74) is -0.371. The maximum absolute atomic E-state index is 13.0. The molecule has 5 heteroatoms. The second-order valence-electron chi connectivity index (χ2n) is 8.22. The zero-order chi connectivity index (χ0) is 18.0. The van der Waals surface area contributed by atoms with Gasteiger partial charge in [-0.25, -0.2) is 4.39 Å². The van der Waals surface area contributed by atoms with Crippen molar-refractivity contribution in [3.8, 4) is 0 Å². The van der Waals surface area contributed by atoms with Crippen LogP contribution in [0.5, 0.6) is 0 Å². The van der Waals surface area contributed by atoms with Gasteiger partial charge in [0, 0.05) is 26.2 Å². The molecule has 1 unspecified atom stereocenters. The first-order valence-electron chi connectivity index (χ1n) is 8.54. The smallest absolute Gasteiger partial charge is 0.255 e. The molecule has 0 bridgehead atoms. The molecule has 1 atom stereocenters. The lowest BCUT2D eigenvalue weighted by atomic mass is 9.88. The summed E-state index contributed by atoms with van der Waals surface area (Å²) in [7, 11) is 1.87. The van der Waals surface area contributed by atoms with E-state index in [1.54, 1.807) is 17.0 Å². The summed E-state index contributed by atoms with van der Waals surface area (Å²) in [5, 5.41) is 10.9. The van der Waals surface area contributed by atoms with Crippen molar-refractivity contribution in [2.75, 3.05) is 26.7 Å². The van der Waals surface area contributed by atoms with E-state index in [9.17, 15) is 14.3 Å². The second-order valence-corrected chi connectivity index (χ2v) is 8.22. The minimum atomic E-state index is -1.34. The largest absolute Gasteiger partial charge is 0.379 e. The van der Waals surface area contributed by atoms with Crippen LogP contribution in [0.2, 0.25) is 0 Å². The van der Waals surface area contributed by atoms with Gasteiger partial charge in [0.1, 0.15) is 5.82 Å². The number of amides is 1. The predicted octanol–water partition coefficient (Wildman–Crippen LogP) is 2.66. The number of carbonyl (C=O) groups is 1. The third kappa shape index (κ3) is 5.02. The molecule has 0 spiro atoms. The van der Waals surface area contributed by atoms with Gasteiger partial charge < -0.3 is 10.0 Å². The molecule has 1 aliphatic rings. The summed E-state index contributed by atoms with van der Waals surface area (Å²) >= 11 is 0. The lowest BCUT2D eigenvalue weighted by Gasteiger charge is -2.42. The lowest BCUT2D eigenvalue weighted by molar-refractivity contribution is -0.160. The summed E-state index contributed by atoms with van der Waals surface area (Å²) in [6.07, 6.45) is 1.29. The molecular formula is C19H29FN2O2. The minimum absolute atomic E-state index is 0.00786. The third-order valence-corrected chi connectivity index (χ3v) is 4.27. The van der Waals surface area contributed by atoms with Gasteiger partial charge in [0.25, 0.3) is 5.91 Å². The summed E-state index contributed by atoms with van der Waals surface area (Å²) in [6, 6.07) is 6.30. The number of halogens is 1. The number of carbonyl (C=O) groups excluding carboxylic acids is 1.